The van der Waals surface area contributed by atoms with Gasteiger partial charge in [-0.1, -0.05) is 0 Å². The Morgan fingerprint density at radius 1 is 1.24 bits per heavy atom. The van der Waals surface area contributed by atoms with Crippen LogP contribution in [0.25, 0.3) is 11.0 Å². The van der Waals surface area contributed by atoms with E-state index in [-0.39, 0.29) is 5.97 Å². The Morgan fingerprint density at radius 2 is 1.95 bits per heavy atom. The summed E-state index contributed by atoms with van der Waals surface area (Å²) in [5.74, 6) is -0.335. The molecule has 0 N–H and O–H groups in total. The number of nitrogens with zero attached hydrogens (tertiary/aromatic N) is 4. The molecule has 2 aromatic rings. The standard InChI is InChI=1S/C15H22N4O2/c1-5-18(6-2)13-11-10-17-19(7-3)14(11)16-9-12(13)15(20)21-8-4/h9-10H,5-8H2,1-4H3. The predicted octanol–water partition coefficient (Wildman–Crippen LogP) is 2.47. The lowest BCUT2D eigenvalue weighted by Gasteiger charge is -2.24. The summed E-state index contributed by atoms with van der Waals surface area (Å²) in [6, 6.07) is 0. The fourth-order valence-electron chi connectivity index (χ4n) is 2.48. The quantitative estimate of drug-likeness (QED) is 0.765. The Kier molecular flexibility index (Phi) is 4.77. The molecule has 2 aromatic heterocycles. The van der Waals surface area contributed by atoms with Crippen molar-refractivity contribution in [2.45, 2.75) is 34.2 Å². The van der Waals surface area contributed by atoms with Crippen LogP contribution in [-0.2, 0) is 11.3 Å². The minimum atomic E-state index is -0.335. The first-order valence-electron chi connectivity index (χ1n) is 7.44. The van der Waals surface area contributed by atoms with Gasteiger partial charge >= 0.3 is 5.97 Å². The van der Waals surface area contributed by atoms with E-state index in [0.717, 1.165) is 36.4 Å². The van der Waals surface area contributed by atoms with Gasteiger partial charge in [-0.3, -0.25) is 0 Å². The van der Waals surface area contributed by atoms with Crippen molar-refractivity contribution < 1.29 is 9.53 Å². The largest absolute Gasteiger partial charge is 0.462 e. The third-order valence-electron chi connectivity index (χ3n) is 3.51. The van der Waals surface area contributed by atoms with E-state index in [0.29, 0.717) is 12.2 Å². The molecule has 0 amide bonds. The van der Waals surface area contributed by atoms with Crippen LogP contribution in [0.3, 0.4) is 0 Å². The molecule has 0 bridgehead atoms. The average molecular weight is 290 g/mol. The van der Waals surface area contributed by atoms with Crippen LogP contribution in [-0.4, -0.2) is 40.4 Å². The number of aromatic nitrogens is 3. The van der Waals surface area contributed by atoms with Crippen molar-refractivity contribution in [1.82, 2.24) is 14.8 Å². The Balaban J connectivity index is 2.68. The zero-order valence-corrected chi connectivity index (χ0v) is 13.1. The highest BCUT2D eigenvalue weighted by atomic mass is 16.5. The van der Waals surface area contributed by atoms with Gasteiger partial charge in [0.25, 0.3) is 0 Å². The number of ether oxygens (including phenoxy) is 1. The summed E-state index contributed by atoms with van der Waals surface area (Å²) in [6.45, 7) is 10.7. The molecule has 0 saturated carbocycles. The molecule has 0 aliphatic heterocycles. The van der Waals surface area contributed by atoms with Crippen molar-refractivity contribution in [1.29, 1.82) is 0 Å². The molecule has 0 fully saturated rings. The number of carbonyl (C=O) groups is 1. The smallest absolute Gasteiger partial charge is 0.341 e. The maximum absolute atomic E-state index is 12.2. The van der Waals surface area contributed by atoms with E-state index in [1.165, 1.54) is 0 Å². The van der Waals surface area contributed by atoms with Crippen molar-refractivity contribution in [3.8, 4) is 0 Å². The number of fused-ring (bicyclic) bond motifs is 1. The monoisotopic (exact) mass is 290 g/mol. The van der Waals surface area contributed by atoms with Crippen LogP contribution in [0.2, 0.25) is 0 Å². The molecule has 0 aliphatic rings. The first kappa shape index (κ1) is 15.3. The second kappa shape index (κ2) is 6.56. The van der Waals surface area contributed by atoms with Crippen LogP contribution >= 0.6 is 0 Å². The number of anilines is 1. The van der Waals surface area contributed by atoms with E-state index >= 15 is 0 Å². The van der Waals surface area contributed by atoms with Gasteiger partial charge in [-0.05, 0) is 27.7 Å². The second-order valence-corrected chi connectivity index (χ2v) is 4.61. The van der Waals surface area contributed by atoms with Crippen molar-refractivity contribution in [2.24, 2.45) is 0 Å². The van der Waals surface area contributed by atoms with E-state index in [9.17, 15) is 4.79 Å². The Bertz CT molecular complexity index is 632. The molecule has 0 radical (unpaired) electrons. The van der Waals surface area contributed by atoms with Gasteiger partial charge in [-0.25, -0.2) is 14.5 Å². The van der Waals surface area contributed by atoms with Gasteiger partial charge in [0.05, 0.1) is 23.9 Å². The number of hydrogen-bond donors (Lipinski definition) is 0. The van der Waals surface area contributed by atoms with Crippen LogP contribution < -0.4 is 4.90 Å². The predicted molar refractivity (Wildman–Crippen MR) is 82.7 cm³/mol. The number of hydrogen-bond acceptors (Lipinski definition) is 5. The molecule has 0 saturated heterocycles. The van der Waals surface area contributed by atoms with Gasteiger partial charge in [-0.15, -0.1) is 0 Å². The topological polar surface area (TPSA) is 60.2 Å². The third kappa shape index (κ3) is 2.70. The average Bonchev–Trinajstić information content (AvgIpc) is 2.92. The zero-order valence-electron chi connectivity index (χ0n) is 13.1. The molecular weight excluding hydrogens is 268 g/mol. The maximum atomic E-state index is 12.2. The molecule has 2 heterocycles. The van der Waals surface area contributed by atoms with Gasteiger partial charge in [0, 0.05) is 25.8 Å². The van der Waals surface area contributed by atoms with Crippen LogP contribution in [0.5, 0.6) is 0 Å². The summed E-state index contributed by atoms with van der Waals surface area (Å²) in [6.07, 6.45) is 3.38. The van der Waals surface area contributed by atoms with E-state index in [4.69, 9.17) is 4.74 Å². The van der Waals surface area contributed by atoms with Gasteiger partial charge in [0.15, 0.2) is 5.65 Å². The Morgan fingerprint density at radius 3 is 2.52 bits per heavy atom. The van der Waals surface area contributed by atoms with Crippen molar-refractivity contribution in [3.05, 3.63) is 18.0 Å². The van der Waals surface area contributed by atoms with Gasteiger partial charge < -0.3 is 9.64 Å². The first-order valence-corrected chi connectivity index (χ1v) is 7.44. The van der Waals surface area contributed by atoms with Crippen LogP contribution in [0, 0.1) is 0 Å². The zero-order chi connectivity index (χ0) is 15.4. The third-order valence-corrected chi connectivity index (χ3v) is 3.51. The molecule has 6 nitrogen and oxygen atoms in total. The number of carbonyl (C=O) groups excluding carboxylic acids is 1. The summed E-state index contributed by atoms with van der Waals surface area (Å²) in [5.41, 5.74) is 2.17. The minimum absolute atomic E-state index is 0.335. The van der Waals surface area contributed by atoms with Crippen LogP contribution in [0.4, 0.5) is 5.69 Å². The summed E-state index contributed by atoms with van der Waals surface area (Å²) in [4.78, 5) is 18.7. The van der Waals surface area contributed by atoms with Gasteiger partial charge in [0.1, 0.15) is 5.56 Å². The van der Waals surface area contributed by atoms with E-state index < -0.39 is 0 Å². The Labute approximate surface area is 124 Å². The van der Waals surface area contributed by atoms with E-state index in [2.05, 4.69) is 28.8 Å². The molecule has 0 atom stereocenters. The highest BCUT2D eigenvalue weighted by molar-refractivity contribution is 6.04. The molecule has 0 spiro atoms. The lowest BCUT2D eigenvalue weighted by Crippen LogP contribution is -2.25. The van der Waals surface area contributed by atoms with Crippen LogP contribution in [0.1, 0.15) is 38.1 Å². The lowest BCUT2D eigenvalue weighted by atomic mass is 10.1. The SMILES string of the molecule is CCOC(=O)c1cnc2c(cnn2CC)c1N(CC)CC. The number of pyridine rings is 1. The first-order chi connectivity index (χ1) is 10.2. The van der Waals surface area contributed by atoms with Gasteiger partial charge in [-0.2, -0.15) is 5.10 Å². The van der Waals surface area contributed by atoms with Crippen molar-refractivity contribution >= 4 is 22.7 Å². The molecule has 0 unspecified atom stereocenters. The van der Waals surface area contributed by atoms with E-state index in [1.807, 2.05) is 11.6 Å². The van der Waals surface area contributed by atoms with E-state index in [1.54, 1.807) is 19.3 Å². The summed E-state index contributed by atoms with van der Waals surface area (Å²) < 4.78 is 6.99. The molecule has 0 aliphatic carbocycles. The normalized spacial score (nSPS) is 10.9. The molecule has 2 rings (SSSR count). The Hall–Kier alpha value is -2.11. The van der Waals surface area contributed by atoms with Gasteiger partial charge in [0.2, 0.25) is 0 Å². The molecule has 114 valence electrons. The molecular formula is C15H22N4O2. The molecule has 6 heteroatoms. The molecule has 0 aromatic carbocycles. The highest BCUT2D eigenvalue weighted by Crippen LogP contribution is 2.30. The van der Waals surface area contributed by atoms with Crippen LogP contribution in [0.15, 0.2) is 12.4 Å². The van der Waals surface area contributed by atoms with Crippen molar-refractivity contribution in [2.75, 3.05) is 24.6 Å². The maximum Gasteiger partial charge on any atom is 0.341 e. The summed E-state index contributed by atoms with van der Waals surface area (Å²) in [5, 5.41) is 5.24. The summed E-state index contributed by atoms with van der Waals surface area (Å²) >= 11 is 0. The number of aryl methyl sites for hydroxylation is 1. The fraction of sp³-hybridized carbons (Fsp3) is 0.533. The second-order valence-electron chi connectivity index (χ2n) is 4.61. The fourth-order valence-corrected chi connectivity index (χ4v) is 2.48. The summed E-state index contributed by atoms with van der Waals surface area (Å²) in [7, 11) is 0. The lowest BCUT2D eigenvalue weighted by molar-refractivity contribution is 0.0527. The number of rotatable bonds is 6. The van der Waals surface area contributed by atoms with Crippen molar-refractivity contribution in [3.63, 3.8) is 0 Å². The number of esters is 1. The minimum Gasteiger partial charge on any atom is -0.462 e. The molecule has 21 heavy (non-hydrogen) atoms. The highest BCUT2D eigenvalue weighted by Gasteiger charge is 2.21.